The maximum atomic E-state index is 12.4. The van der Waals surface area contributed by atoms with Gasteiger partial charge in [0.05, 0.1) is 16.3 Å². The van der Waals surface area contributed by atoms with E-state index in [0.717, 1.165) is 21.9 Å². The van der Waals surface area contributed by atoms with E-state index in [9.17, 15) is 24.8 Å². The van der Waals surface area contributed by atoms with Crippen molar-refractivity contribution in [1.29, 1.82) is 0 Å². The fourth-order valence-corrected chi connectivity index (χ4v) is 3.16. The summed E-state index contributed by atoms with van der Waals surface area (Å²) in [5.74, 6) is -0.542. The molecule has 0 amide bonds. The van der Waals surface area contributed by atoms with E-state index in [0.29, 0.717) is 23.4 Å². The highest BCUT2D eigenvalue weighted by molar-refractivity contribution is 5.84. The van der Waals surface area contributed by atoms with Gasteiger partial charge in [-0.2, -0.15) is 0 Å². The molecular formula is C21H20N4O5. The van der Waals surface area contributed by atoms with Crippen LogP contribution in [0.3, 0.4) is 0 Å². The molecule has 0 radical (unpaired) electrons. The Morgan fingerprint density at radius 1 is 1.20 bits per heavy atom. The molecule has 3 rings (SSSR count). The molecule has 154 valence electrons. The summed E-state index contributed by atoms with van der Waals surface area (Å²) >= 11 is 0. The van der Waals surface area contributed by atoms with Crippen LogP contribution >= 0.6 is 0 Å². The predicted molar refractivity (Wildman–Crippen MR) is 114 cm³/mol. The van der Waals surface area contributed by atoms with Gasteiger partial charge in [-0.05, 0) is 43.5 Å². The number of aromatic nitrogens is 2. The monoisotopic (exact) mass is 408 g/mol. The lowest BCUT2D eigenvalue weighted by atomic mass is 10.1. The second-order valence-corrected chi connectivity index (χ2v) is 6.80. The number of benzene rings is 2. The molecule has 0 spiro atoms. The van der Waals surface area contributed by atoms with E-state index in [4.69, 9.17) is 0 Å². The van der Waals surface area contributed by atoms with Crippen LogP contribution in [0.1, 0.15) is 29.2 Å². The molecule has 0 aliphatic heterocycles. The first-order chi connectivity index (χ1) is 14.2. The lowest BCUT2D eigenvalue weighted by molar-refractivity contribution is -0.384. The average Bonchev–Trinajstić information content (AvgIpc) is 2.69. The van der Waals surface area contributed by atoms with Crippen molar-refractivity contribution in [1.82, 2.24) is 9.55 Å². The van der Waals surface area contributed by atoms with Crippen LogP contribution in [0.4, 0.5) is 11.4 Å². The molecule has 0 fully saturated rings. The number of nitro groups is 1. The molecule has 0 atom stereocenters. The first kappa shape index (κ1) is 20.7. The van der Waals surface area contributed by atoms with Crippen molar-refractivity contribution >= 4 is 17.6 Å². The average molecular weight is 408 g/mol. The SMILES string of the molecule is CCc1cc([N+](=O)[O-])ccc1N=Cc1c(O)n(-c2ccc(C)cc2C)c(=O)[nH]c1=O. The van der Waals surface area contributed by atoms with Gasteiger partial charge < -0.3 is 5.11 Å². The van der Waals surface area contributed by atoms with Gasteiger partial charge in [0.25, 0.3) is 11.2 Å². The second kappa shape index (κ2) is 8.16. The van der Waals surface area contributed by atoms with Crippen LogP contribution < -0.4 is 11.2 Å². The van der Waals surface area contributed by atoms with E-state index in [1.165, 1.54) is 18.2 Å². The van der Waals surface area contributed by atoms with Crippen molar-refractivity contribution in [2.45, 2.75) is 27.2 Å². The molecule has 9 nitrogen and oxygen atoms in total. The number of aryl methyl sites for hydroxylation is 3. The zero-order valence-electron chi connectivity index (χ0n) is 16.7. The fraction of sp³-hybridized carbons (Fsp3) is 0.190. The van der Waals surface area contributed by atoms with E-state index in [1.807, 2.05) is 19.9 Å². The molecule has 30 heavy (non-hydrogen) atoms. The van der Waals surface area contributed by atoms with Gasteiger partial charge in [-0.1, -0.05) is 24.6 Å². The van der Waals surface area contributed by atoms with Crippen molar-refractivity contribution in [3.8, 4) is 11.6 Å². The summed E-state index contributed by atoms with van der Waals surface area (Å²) in [5.41, 5.74) is 1.37. The Balaban J connectivity index is 2.13. The quantitative estimate of drug-likeness (QED) is 0.381. The van der Waals surface area contributed by atoms with Crippen molar-refractivity contribution < 1.29 is 10.0 Å². The molecule has 2 N–H and O–H groups in total. The lowest BCUT2D eigenvalue weighted by Crippen LogP contribution is -2.31. The third-order valence-corrected chi connectivity index (χ3v) is 4.70. The summed E-state index contributed by atoms with van der Waals surface area (Å²) in [7, 11) is 0. The number of non-ortho nitro benzene ring substituents is 1. The number of aromatic hydroxyl groups is 1. The highest BCUT2D eigenvalue weighted by Gasteiger charge is 2.16. The number of hydrogen-bond donors (Lipinski definition) is 2. The zero-order valence-corrected chi connectivity index (χ0v) is 16.7. The summed E-state index contributed by atoms with van der Waals surface area (Å²) in [4.78, 5) is 41.5. The van der Waals surface area contributed by atoms with Gasteiger partial charge in [0.15, 0.2) is 0 Å². The standard InChI is InChI=1S/C21H20N4O5/c1-4-14-10-15(25(29)30)6-7-17(14)22-11-16-19(26)23-21(28)24(20(16)27)18-8-5-12(2)9-13(18)3/h5-11,27H,4H2,1-3H3,(H,23,26,28). The highest BCUT2D eigenvalue weighted by atomic mass is 16.6. The van der Waals surface area contributed by atoms with Crippen LogP contribution in [0.5, 0.6) is 5.88 Å². The Kier molecular flexibility index (Phi) is 5.63. The molecule has 1 heterocycles. The van der Waals surface area contributed by atoms with Crippen molar-refractivity contribution in [3.63, 3.8) is 0 Å². The van der Waals surface area contributed by atoms with Gasteiger partial charge >= 0.3 is 5.69 Å². The summed E-state index contributed by atoms with van der Waals surface area (Å²) in [6, 6.07) is 9.51. The minimum Gasteiger partial charge on any atom is -0.493 e. The fourth-order valence-electron chi connectivity index (χ4n) is 3.16. The Morgan fingerprint density at radius 2 is 1.93 bits per heavy atom. The third kappa shape index (κ3) is 3.90. The van der Waals surface area contributed by atoms with E-state index in [-0.39, 0.29) is 11.3 Å². The number of H-pyrrole nitrogens is 1. The van der Waals surface area contributed by atoms with Crippen LogP contribution in [-0.2, 0) is 6.42 Å². The number of nitrogens with one attached hydrogen (secondary N) is 1. The minimum atomic E-state index is -0.790. The smallest absolute Gasteiger partial charge is 0.335 e. The van der Waals surface area contributed by atoms with E-state index < -0.39 is 22.1 Å². The number of rotatable bonds is 5. The molecule has 2 aromatic carbocycles. The van der Waals surface area contributed by atoms with E-state index >= 15 is 0 Å². The van der Waals surface area contributed by atoms with E-state index in [1.54, 1.807) is 19.1 Å². The van der Waals surface area contributed by atoms with Crippen LogP contribution in [0, 0.1) is 24.0 Å². The Hall–Kier alpha value is -4.01. The zero-order chi connectivity index (χ0) is 22.0. The maximum absolute atomic E-state index is 12.4. The molecule has 0 aliphatic rings. The number of hydrogen-bond acceptors (Lipinski definition) is 6. The first-order valence-corrected chi connectivity index (χ1v) is 9.20. The summed E-state index contributed by atoms with van der Waals surface area (Å²) in [5, 5.41) is 21.6. The highest BCUT2D eigenvalue weighted by Crippen LogP contribution is 2.26. The number of nitrogens with zero attached hydrogens (tertiary/aromatic N) is 3. The lowest BCUT2D eigenvalue weighted by Gasteiger charge is -2.12. The second-order valence-electron chi connectivity index (χ2n) is 6.80. The van der Waals surface area contributed by atoms with Crippen molar-refractivity contribution in [2.24, 2.45) is 4.99 Å². The van der Waals surface area contributed by atoms with Gasteiger partial charge in [-0.15, -0.1) is 0 Å². The summed E-state index contributed by atoms with van der Waals surface area (Å²) in [6.45, 7) is 5.51. The summed E-state index contributed by atoms with van der Waals surface area (Å²) in [6.07, 6.45) is 1.63. The Bertz CT molecular complexity index is 1290. The molecular weight excluding hydrogens is 388 g/mol. The van der Waals surface area contributed by atoms with Gasteiger partial charge in [0.2, 0.25) is 5.88 Å². The molecule has 9 heteroatoms. The van der Waals surface area contributed by atoms with Crippen LogP contribution in [0.15, 0.2) is 51.0 Å². The molecule has 0 saturated carbocycles. The third-order valence-electron chi connectivity index (χ3n) is 4.70. The normalized spacial score (nSPS) is 11.2. The minimum absolute atomic E-state index is 0.0603. The molecule has 0 aliphatic carbocycles. The molecule has 0 saturated heterocycles. The molecule has 3 aromatic rings. The number of aliphatic imine (C=N–C) groups is 1. The van der Waals surface area contributed by atoms with Gasteiger partial charge in [0.1, 0.15) is 5.56 Å². The topological polar surface area (TPSA) is 131 Å². The van der Waals surface area contributed by atoms with Crippen LogP contribution in [0.2, 0.25) is 0 Å². The van der Waals surface area contributed by atoms with Gasteiger partial charge in [-0.3, -0.25) is 24.9 Å². The Morgan fingerprint density at radius 3 is 2.57 bits per heavy atom. The van der Waals surface area contributed by atoms with Crippen LogP contribution in [-0.4, -0.2) is 25.8 Å². The number of aromatic amines is 1. The maximum Gasteiger partial charge on any atom is 0.335 e. The largest absolute Gasteiger partial charge is 0.493 e. The van der Waals surface area contributed by atoms with Gasteiger partial charge in [0, 0.05) is 18.3 Å². The van der Waals surface area contributed by atoms with E-state index in [2.05, 4.69) is 9.98 Å². The predicted octanol–water partition coefficient (Wildman–Crippen LogP) is 3.07. The first-order valence-electron chi connectivity index (χ1n) is 9.20. The van der Waals surface area contributed by atoms with Crippen molar-refractivity contribution in [3.05, 3.63) is 89.6 Å². The molecule has 0 unspecified atom stereocenters. The molecule has 0 bridgehead atoms. The Labute approximate surface area is 171 Å². The molecule has 1 aromatic heterocycles. The van der Waals surface area contributed by atoms with Crippen molar-refractivity contribution in [2.75, 3.05) is 0 Å². The van der Waals surface area contributed by atoms with Crippen LogP contribution in [0.25, 0.3) is 5.69 Å². The van der Waals surface area contributed by atoms with Gasteiger partial charge in [-0.25, -0.2) is 9.36 Å². The number of nitro benzene ring substituents is 1. The summed E-state index contributed by atoms with van der Waals surface area (Å²) < 4.78 is 1.01.